The zero-order valence-corrected chi connectivity index (χ0v) is 35.5. The van der Waals surface area contributed by atoms with Crippen LogP contribution in [0.25, 0.3) is 0 Å². The largest absolute Gasteiger partial charge is 0.343 e. The molecule has 0 aromatic heterocycles. The molecular formula is C40H76N12. The normalized spacial score (nSPS) is 23.2. The Hall–Kier alpha value is -2.92. The number of fused-ring (bicyclic) bond motifs is 4. The molecule has 12 heteroatoms. The predicted octanol–water partition coefficient (Wildman–Crippen LogP) is 4.65. The third-order valence-electron chi connectivity index (χ3n) is 11.1. The molecule has 8 aliphatic rings. The molecule has 0 unspecified atom stereocenters. The van der Waals surface area contributed by atoms with E-state index in [4.69, 9.17) is 0 Å². The number of aliphatic imine (C=N–C) groups is 4. The summed E-state index contributed by atoms with van der Waals surface area (Å²) in [5.74, 6) is 4.94. The molecule has 0 aliphatic carbocycles. The summed E-state index contributed by atoms with van der Waals surface area (Å²) in [6.45, 7) is 45.1. The lowest BCUT2D eigenvalue weighted by Crippen LogP contribution is -2.58. The van der Waals surface area contributed by atoms with Gasteiger partial charge in [-0.25, -0.2) is 0 Å². The summed E-state index contributed by atoms with van der Waals surface area (Å²) in [7, 11) is 0. The van der Waals surface area contributed by atoms with Crippen LogP contribution < -0.4 is 0 Å². The van der Waals surface area contributed by atoms with E-state index in [9.17, 15) is 0 Å². The van der Waals surface area contributed by atoms with Crippen LogP contribution in [0, 0.1) is 0 Å². The quantitative estimate of drug-likeness (QED) is 0.358. The van der Waals surface area contributed by atoms with E-state index in [0.29, 0.717) is 0 Å². The van der Waals surface area contributed by atoms with Crippen molar-refractivity contribution in [3.05, 3.63) is 0 Å². The monoisotopic (exact) mass is 725 g/mol. The van der Waals surface area contributed by atoms with E-state index in [1.807, 2.05) is 0 Å². The lowest BCUT2D eigenvalue weighted by Gasteiger charge is -2.47. The lowest BCUT2D eigenvalue weighted by atomic mass is 10.0. The molecule has 0 radical (unpaired) electrons. The minimum absolute atomic E-state index is 0.217. The van der Waals surface area contributed by atoms with Crippen LogP contribution in [0.15, 0.2) is 20.0 Å². The van der Waals surface area contributed by atoms with Crippen molar-refractivity contribution in [3.8, 4) is 0 Å². The van der Waals surface area contributed by atoms with Crippen molar-refractivity contribution in [3.63, 3.8) is 0 Å². The van der Waals surface area contributed by atoms with Gasteiger partial charge in [-0.15, -0.1) is 0 Å². The van der Waals surface area contributed by atoms with Gasteiger partial charge in [0.2, 0.25) is 0 Å². The molecule has 8 rings (SSSR count). The lowest BCUT2D eigenvalue weighted by molar-refractivity contribution is 0.158. The molecule has 0 amide bonds. The van der Waals surface area contributed by atoms with E-state index >= 15 is 0 Å². The second-order valence-corrected chi connectivity index (χ2v) is 19.4. The van der Waals surface area contributed by atoms with Crippen LogP contribution in [-0.4, -0.2) is 190 Å². The molecule has 296 valence electrons. The Labute approximate surface area is 318 Å². The molecule has 0 aromatic carbocycles. The van der Waals surface area contributed by atoms with E-state index in [1.54, 1.807) is 0 Å². The second-order valence-electron chi connectivity index (χ2n) is 19.4. The first kappa shape index (κ1) is 40.3. The van der Waals surface area contributed by atoms with E-state index in [1.165, 1.54) is 88.8 Å². The van der Waals surface area contributed by atoms with E-state index in [0.717, 1.165) is 65.4 Å². The van der Waals surface area contributed by atoms with Gasteiger partial charge >= 0.3 is 0 Å². The number of nitrogens with zero attached hydrogens (tertiary/aromatic N) is 12. The molecule has 52 heavy (non-hydrogen) atoms. The molecule has 0 bridgehead atoms. The third-order valence-corrected chi connectivity index (χ3v) is 11.1. The highest BCUT2D eigenvalue weighted by atomic mass is 15.5. The van der Waals surface area contributed by atoms with Crippen LogP contribution >= 0.6 is 0 Å². The fourth-order valence-corrected chi connectivity index (χ4v) is 8.32. The zero-order chi connectivity index (χ0) is 37.9. The standard InChI is InChI=1S/C11H21N3.2C10H19N3.C9H17N3/c1-11(2,3)14-9-5-8-13-7-4-6-12-10(13)14;1-10(2,3)13-7-4-6-12-8-5-11-9(12)13;1-10(2,3)13-8-7-12-6-4-5-11-9(12)13;1-9(2,3)12-7-6-11-5-4-10-8(11)12/h4-9H2,1-3H3;2*4-8H2,1-3H3;4-7H2,1-3H3. The Morgan fingerprint density at radius 1 is 0.288 bits per heavy atom. The molecule has 0 N–H and O–H groups in total. The van der Waals surface area contributed by atoms with Crippen LogP contribution in [0.5, 0.6) is 0 Å². The van der Waals surface area contributed by atoms with Crippen molar-refractivity contribution in [1.82, 2.24) is 39.2 Å². The van der Waals surface area contributed by atoms with Gasteiger partial charge in [-0.1, -0.05) is 0 Å². The van der Waals surface area contributed by atoms with Gasteiger partial charge in [-0.05, 0) is 109 Å². The number of rotatable bonds is 0. The maximum absolute atomic E-state index is 4.67. The van der Waals surface area contributed by atoms with Crippen molar-refractivity contribution < 1.29 is 0 Å². The fraction of sp³-hybridized carbons (Fsp3) is 0.900. The first-order valence-corrected chi connectivity index (χ1v) is 20.6. The Morgan fingerprint density at radius 3 is 0.923 bits per heavy atom. The highest BCUT2D eigenvalue weighted by Gasteiger charge is 2.37. The highest BCUT2D eigenvalue weighted by molar-refractivity contribution is 5.85. The average molecular weight is 725 g/mol. The SMILES string of the molecule is CC(C)(C)N1CCCN2CCCN=C21.CC(C)(C)N1CCCN2CCN=C21.CC(C)(C)N1CCN2CCCN=C21.CC(C)(C)N1CCN2CCN=C21. The number of hydrogen-bond donors (Lipinski definition) is 0. The Kier molecular flexibility index (Phi) is 12.6. The van der Waals surface area contributed by atoms with Crippen molar-refractivity contribution in [2.45, 2.75) is 131 Å². The molecular weight excluding hydrogens is 649 g/mol. The van der Waals surface area contributed by atoms with Gasteiger partial charge in [0.05, 0.1) is 13.1 Å². The smallest absolute Gasteiger partial charge is 0.197 e. The molecule has 0 spiro atoms. The number of guanidine groups is 4. The molecule has 8 heterocycles. The van der Waals surface area contributed by atoms with Crippen molar-refractivity contribution in [2.24, 2.45) is 20.0 Å². The van der Waals surface area contributed by atoms with Crippen molar-refractivity contribution >= 4 is 23.8 Å². The molecule has 4 saturated heterocycles. The van der Waals surface area contributed by atoms with Crippen LogP contribution in [0.2, 0.25) is 0 Å². The summed E-state index contributed by atoms with van der Waals surface area (Å²) in [5, 5.41) is 0. The van der Waals surface area contributed by atoms with E-state index < -0.39 is 0 Å². The van der Waals surface area contributed by atoms with Gasteiger partial charge in [0, 0.05) is 114 Å². The third kappa shape index (κ3) is 9.78. The molecule has 8 aliphatic heterocycles. The topological polar surface area (TPSA) is 75.4 Å². The van der Waals surface area contributed by atoms with Crippen molar-refractivity contribution in [1.29, 1.82) is 0 Å². The van der Waals surface area contributed by atoms with Crippen LogP contribution in [0.3, 0.4) is 0 Å². The van der Waals surface area contributed by atoms with E-state index in [2.05, 4.69) is 142 Å². The minimum atomic E-state index is 0.217. The summed E-state index contributed by atoms with van der Waals surface area (Å²) >= 11 is 0. The minimum Gasteiger partial charge on any atom is -0.343 e. The van der Waals surface area contributed by atoms with Crippen LogP contribution in [-0.2, 0) is 0 Å². The van der Waals surface area contributed by atoms with Crippen LogP contribution in [0.4, 0.5) is 0 Å². The Bertz CT molecular complexity index is 1310. The maximum Gasteiger partial charge on any atom is 0.197 e. The number of hydrogen-bond acceptors (Lipinski definition) is 12. The molecule has 0 aromatic rings. The average Bonchev–Trinajstić information content (AvgIpc) is 3.88. The van der Waals surface area contributed by atoms with Gasteiger partial charge in [0.25, 0.3) is 0 Å². The summed E-state index contributed by atoms with van der Waals surface area (Å²) in [5.41, 5.74) is 0.902. The molecule has 4 fully saturated rings. The predicted molar refractivity (Wildman–Crippen MR) is 220 cm³/mol. The first-order chi connectivity index (χ1) is 24.4. The molecule has 12 nitrogen and oxygen atoms in total. The van der Waals surface area contributed by atoms with Gasteiger partial charge in [-0.2, -0.15) is 0 Å². The zero-order valence-electron chi connectivity index (χ0n) is 35.5. The summed E-state index contributed by atoms with van der Waals surface area (Å²) in [6, 6.07) is 0. The second kappa shape index (κ2) is 16.2. The highest BCUT2D eigenvalue weighted by Crippen LogP contribution is 2.25. The van der Waals surface area contributed by atoms with Crippen LogP contribution in [0.1, 0.15) is 109 Å². The Balaban J connectivity index is 0.000000134. The van der Waals surface area contributed by atoms with Crippen molar-refractivity contribution in [2.75, 3.05) is 105 Å². The van der Waals surface area contributed by atoms with Gasteiger partial charge in [0.15, 0.2) is 23.8 Å². The maximum atomic E-state index is 4.67. The summed E-state index contributed by atoms with van der Waals surface area (Å²) < 4.78 is 0. The molecule has 0 saturated carbocycles. The molecule has 0 atom stereocenters. The van der Waals surface area contributed by atoms with Gasteiger partial charge < -0.3 is 39.2 Å². The summed E-state index contributed by atoms with van der Waals surface area (Å²) in [6.07, 6.45) is 5.00. The summed E-state index contributed by atoms with van der Waals surface area (Å²) in [4.78, 5) is 37.7. The van der Waals surface area contributed by atoms with E-state index in [-0.39, 0.29) is 22.2 Å². The Morgan fingerprint density at radius 2 is 0.558 bits per heavy atom. The van der Waals surface area contributed by atoms with Gasteiger partial charge in [0.1, 0.15) is 0 Å². The van der Waals surface area contributed by atoms with Gasteiger partial charge in [-0.3, -0.25) is 20.0 Å². The fourth-order valence-electron chi connectivity index (χ4n) is 8.32. The first-order valence-electron chi connectivity index (χ1n) is 20.6.